The molecule has 0 saturated heterocycles. The number of carbonyl (C=O) groups excluding carboxylic acids is 1. The molecule has 1 unspecified atom stereocenters. The molecular formula is C15H10Cl4O3. The van der Waals surface area contributed by atoms with E-state index < -0.39 is 9.17 Å². The van der Waals surface area contributed by atoms with E-state index in [9.17, 15) is 15.0 Å². The van der Waals surface area contributed by atoms with Crippen molar-refractivity contribution < 1.29 is 15.0 Å². The fourth-order valence-electron chi connectivity index (χ4n) is 1.85. The Morgan fingerprint density at radius 1 is 0.955 bits per heavy atom. The Morgan fingerprint density at radius 3 is 2.05 bits per heavy atom. The van der Waals surface area contributed by atoms with Crippen molar-refractivity contribution in [3.8, 4) is 11.5 Å². The Morgan fingerprint density at radius 2 is 1.50 bits per heavy atom. The minimum absolute atomic E-state index is 0.0555. The zero-order valence-electron chi connectivity index (χ0n) is 10.9. The van der Waals surface area contributed by atoms with Crippen molar-refractivity contribution >= 4 is 52.2 Å². The predicted molar refractivity (Wildman–Crippen MR) is 88.5 cm³/mol. The first kappa shape index (κ1) is 17.2. The summed E-state index contributed by atoms with van der Waals surface area (Å²) in [5.41, 5.74) is 0.791. The van der Waals surface area contributed by atoms with Crippen molar-refractivity contribution in [2.24, 2.45) is 0 Å². The lowest BCUT2D eigenvalue weighted by Gasteiger charge is -2.19. The fourth-order valence-corrected chi connectivity index (χ4v) is 2.38. The molecule has 3 nitrogen and oxygen atoms in total. The number of phenols is 2. The van der Waals surface area contributed by atoms with Gasteiger partial charge in [-0.05, 0) is 42.5 Å². The Bertz CT molecular complexity index is 693. The molecule has 2 rings (SSSR count). The van der Waals surface area contributed by atoms with E-state index in [1.54, 1.807) is 0 Å². The summed E-state index contributed by atoms with van der Waals surface area (Å²) < 4.78 is -1.83. The van der Waals surface area contributed by atoms with Gasteiger partial charge in [0.2, 0.25) is 3.79 Å². The number of hydrogen-bond donors (Lipinski definition) is 2. The molecule has 0 radical (unpaired) electrons. The minimum atomic E-state index is -1.83. The summed E-state index contributed by atoms with van der Waals surface area (Å²) in [5.74, 6) is -0.428. The van der Waals surface area contributed by atoms with E-state index in [1.807, 2.05) is 0 Å². The van der Waals surface area contributed by atoms with Crippen molar-refractivity contribution in [3.63, 3.8) is 0 Å². The van der Waals surface area contributed by atoms with Crippen molar-refractivity contribution in [2.75, 3.05) is 0 Å². The maximum absolute atomic E-state index is 12.4. The number of benzene rings is 2. The number of carbonyl (C=O) groups is 1. The summed E-state index contributed by atoms with van der Waals surface area (Å²) in [5, 5.41) is 18.0. The van der Waals surface area contributed by atoms with Crippen LogP contribution in [0.15, 0.2) is 42.5 Å². The van der Waals surface area contributed by atoms with E-state index in [0.29, 0.717) is 5.56 Å². The minimum Gasteiger partial charge on any atom is -0.508 e. The molecule has 2 aromatic rings. The molecule has 2 N–H and O–H groups in total. The molecule has 0 heterocycles. The molecule has 1 atom stereocenters. The summed E-state index contributed by atoms with van der Waals surface area (Å²) in [6.07, 6.45) is 0. The lowest BCUT2D eigenvalue weighted by atomic mass is 9.99. The largest absolute Gasteiger partial charge is 0.508 e. The molecule has 0 aliphatic heterocycles. The highest BCUT2D eigenvalue weighted by molar-refractivity contribution is 6.70. The van der Waals surface area contributed by atoms with Crippen LogP contribution in [0.25, 0.3) is 0 Å². The smallest absolute Gasteiger partial charge is 0.210 e. The summed E-state index contributed by atoms with van der Waals surface area (Å²) in [4.78, 5) is 12.4. The number of ketones is 1. The highest BCUT2D eigenvalue weighted by Crippen LogP contribution is 2.46. The second-order valence-corrected chi connectivity index (χ2v) is 7.36. The molecule has 22 heavy (non-hydrogen) atoms. The SMILES string of the molecule is O=C(c1ccc(O)cc1)c1ccc(O)c(C(Cl)C(Cl)(Cl)Cl)c1. The van der Waals surface area contributed by atoms with Gasteiger partial charge >= 0.3 is 0 Å². The average Bonchev–Trinajstić information content (AvgIpc) is 2.46. The van der Waals surface area contributed by atoms with Crippen LogP contribution in [0, 0.1) is 0 Å². The summed E-state index contributed by atoms with van der Waals surface area (Å²) in [6, 6.07) is 9.91. The lowest BCUT2D eigenvalue weighted by Crippen LogP contribution is -2.12. The van der Waals surface area contributed by atoms with Crippen LogP contribution in [0.3, 0.4) is 0 Å². The first-order valence-electron chi connectivity index (χ1n) is 6.07. The number of halogens is 4. The predicted octanol–water partition coefficient (Wildman–Crippen LogP) is 4.98. The Hall–Kier alpha value is -1.13. The Labute approximate surface area is 147 Å². The first-order chi connectivity index (χ1) is 10.2. The molecule has 2 aromatic carbocycles. The van der Waals surface area contributed by atoms with Crippen molar-refractivity contribution in [1.82, 2.24) is 0 Å². The van der Waals surface area contributed by atoms with E-state index >= 15 is 0 Å². The molecule has 0 saturated carbocycles. The van der Waals surface area contributed by atoms with Gasteiger partial charge in [-0.3, -0.25) is 4.79 Å². The quantitative estimate of drug-likeness (QED) is 0.584. The van der Waals surface area contributed by atoms with Crippen molar-refractivity contribution in [2.45, 2.75) is 9.17 Å². The van der Waals surface area contributed by atoms with Gasteiger partial charge in [-0.1, -0.05) is 34.8 Å². The van der Waals surface area contributed by atoms with Crippen LogP contribution in [0.2, 0.25) is 0 Å². The van der Waals surface area contributed by atoms with Crippen LogP contribution >= 0.6 is 46.4 Å². The summed E-state index contributed by atoms with van der Waals surface area (Å²) >= 11 is 23.2. The van der Waals surface area contributed by atoms with Gasteiger partial charge in [0.05, 0.1) is 0 Å². The molecule has 116 valence electrons. The van der Waals surface area contributed by atoms with Crippen LogP contribution in [0.4, 0.5) is 0 Å². The number of aromatic hydroxyl groups is 2. The molecule has 7 heteroatoms. The third kappa shape index (κ3) is 3.79. The molecule has 0 fully saturated rings. The number of phenolic OH excluding ortho intramolecular Hbond substituents is 2. The molecule has 0 aliphatic rings. The maximum Gasteiger partial charge on any atom is 0.210 e. The van der Waals surface area contributed by atoms with Gasteiger partial charge in [-0.2, -0.15) is 0 Å². The summed E-state index contributed by atoms with van der Waals surface area (Å²) in [6.45, 7) is 0. The third-order valence-corrected chi connectivity index (χ3v) is 4.53. The Kier molecular flexibility index (Phi) is 5.13. The van der Waals surface area contributed by atoms with E-state index in [0.717, 1.165) is 0 Å². The van der Waals surface area contributed by atoms with Gasteiger partial charge in [-0.25, -0.2) is 0 Å². The van der Waals surface area contributed by atoms with Crippen LogP contribution in [-0.2, 0) is 0 Å². The van der Waals surface area contributed by atoms with E-state index in [2.05, 4.69) is 0 Å². The zero-order chi connectivity index (χ0) is 16.5. The molecule has 0 bridgehead atoms. The third-order valence-electron chi connectivity index (χ3n) is 2.98. The molecule has 0 amide bonds. The van der Waals surface area contributed by atoms with Crippen molar-refractivity contribution in [3.05, 3.63) is 59.2 Å². The van der Waals surface area contributed by atoms with Gasteiger partial charge in [0.25, 0.3) is 0 Å². The van der Waals surface area contributed by atoms with Gasteiger partial charge in [0.1, 0.15) is 16.9 Å². The molecule has 0 aliphatic carbocycles. The normalized spacial score (nSPS) is 12.9. The Balaban J connectivity index is 2.41. The van der Waals surface area contributed by atoms with Crippen LogP contribution in [0.5, 0.6) is 11.5 Å². The molecule has 0 spiro atoms. The van der Waals surface area contributed by atoms with Gasteiger partial charge < -0.3 is 10.2 Å². The molecular weight excluding hydrogens is 370 g/mol. The summed E-state index contributed by atoms with van der Waals surface area (Å²) in [7, 11) is 0. The first-order valence-corrected chi connectivity index (χ1v) is 7.64. The second-order valence-electron chi connectivity index (χ2n) is 4.55. The highest BCUT2D eigenvalue weighted by Gasteiger charge is 2.34. The monoisotopic (exact) mass is 378 g/mol. The standard InChI is InChI=1S/C15H10Cl4O3/c16-14(15(17,18)19)11-7-9(3-6-12(11)21)13(22)8-1-4-10(20)5-2-8/h1-7,14,20-21H. The fraction of sp³-hybridized carbons (Fsp3) is 0.133. The van der Waals surface area contributed by atoms with Crippen molar-refractivity contribution in [1.29, 1.82) is 0 Å². The number of alkyl halides is 4. The van der Waals surface area contributed by atoms with Gasteiger partial charge in [0.15, 0.2) is 5.78 Å². The van der Waals surface area contributed by atoms with Gasteiger partial charge in [0, 0.05) is 16.7 Å². The second kappa shape index (κ2) is 6.55. The highest BCUT2D eigenvalue weighted by atomic mass is 35.6. The van der Waals surface area contributed by atoms with E-state index in [4.69, 9.17) is 46.4 Å². The van der Waals surface area contributed by atoms with E-state index in [1.165, 1.54) is 42.5 Å². The van der Waals surface area contributed by atoms with Crippen LogP contribution < -0.4 is 0 Å². The van der Waals surface area contributed by atoms with E-state index in [-0.39, 0.29) is 28.4 Å². The topological polar surface area (TPSA) is 57.5 Å². The average molecular weight is 380 g/mol. The molecule has 0 aromatic heterocycles. The van der Waals surface area contributed by atoms with Gasteiger partial charge in [-0.15, -0.1) is 11.6 Å². The maximum atomic E-state index is 12.4. The lowest BCUT2D eigenvalue weighted by molar-refractivity contribution is 0.103. The zero-order valence-corrected chi connectivity index (χ0v) is 14.0. The van der Waals surface area contributed by atoms with Crippen LogP contribution in [-0.4, -0.2) is 19.8 Å². The van der Waals surface area contributed by atoms with Crippen LogP contribution in [0.1, 0.15) is 26.9 Å². The number of rotatable bonds is 3. The number of hydrogen-bond acceptors (Lipinski definition) is 3.